The Morgan fingerprint density at radius 1 is 0.919 bits per heavy atom. The second kappa shape index (κ2) is 12.5. The minimum absolute atomic E-state index is 0.00710. The summed E-state index contributed by atoms with van der Waals surface area (Å²) in [5.41, 5.74) is 1.51. The van der Waals surface area contributed by atoms with Gasteiger partial charge in [-0.15, -0.1) is 0 Å². The van der Waals surface area contributed by atoms with Crippen LogP contribution < -0.4 is 16.0 Å². The van der Waals surface area contributed by atoms with Gasteiger partial charge in [0, 0.05) is 44.1 Å². The highest BCUT2D eigenvalue weighted by Crippen LogP contribution is 2.19. The van der Waals surface area contributed by atoms with Crippen LogP contribution in [0.15, 0.2) is 54.9 Å². The Balaban J connectivity index is 1.26. The van der Waals surface area contributed by atoms with Crippen molar-refractivity contribution in [3.63, 3.8) is 0 Å². The number of carbonyl (C=O) groups excluding carboxylic acids is 3. The lowest BCUT2D eigenvalue weighted by molar-refractivity contribution is 0.0931. The number of benzene rings is 2. The molecule has 194 valence electrons. The van der Waals surface area contributed by atoms with Crippen LogP contribution in [0, 0.1) is 0 Å². The summed E-state index contributed by atoms with van der Waals surface area (Å²) < 4.78 is 0. The zero-order valence-electron chi connectivity index (χ0n) is 20.6. The number of anilines is 2. The molecule has 0 aliphatic carbocycles. The minimum atomic E-state index is -0.517. The van der Waals surface area contributed by atoms with Crippen molar-refractivity contribution >= 4 is 40.7 Å². The third-order valence-electron chi connectivity index (χ3n) is 6.13. The van der Waals surface area contributed by atoms with Gasteiger partial charge < -0.3 is 30.7 Å². The van der Waals surface area contributed by atoms with Gasteiger partial charge >= 0.3 is 0 Å². The summed E-state index contributed by atoms with van der Waals surface area (Å²) in [4.78, 5) is 49.3. The first-order chi connectivity index (χ1) is 17.9. The number of hydrogen-bond acceptors (Lipinski definition) is 6. The smallest absolute Gasteiger partial charge is 0.276 e. The zero-order chi connectivity index (χ0) is 26.2. The Bertz CT molecular complexity index is 1240. The molecule has 0 atom stereocenters. The molecule has 1 aliphatic heterocycles. The maximum absolute atomic E-state index is 12.8. The molecule has 2 aromatic carbocycles. The van der Waals surface area contributed by atoms with Gasteiger partial charge in [-0.2, -0.15) is 0 Å². The van der Waals surface area contributed by atoms with E-state index in [0.717, 1.165) is 39.1 Å². The van der Waals surface area contributed by atoms with Crippen molar-refractivity contribution < 1.29 is 14.4 Å². The second-order valence-electron chi connectivity index (χ2n) is 8.85. The summed E-state index contributed by atoms with van der Waals surface area (Å²) in [6.07, 6.45) is 2.14. The van der Waals surface area contributed by atoms with E-state index < -0.39 is 5.91 Å². The van der Waals surface area contributed by atoms with E-state index in [1.807, 2.05) is 0 Å². The first-order valence-corrected chi connectivity index (χ1v) is 12.5. The van der Waals surface area contributed by atoms with Crippen molar-refractivity contribution in [2.24, 2.45) is 0 Å². The summed E-state index contributed by atoms with van der Waals surface area (Å²) in [6, 6.07) is 13.4. The number of aromatic nitrogens is 2. The normalized spacial score (nSPS) is 14.2. The average Bonchev–Trinajstić information content (AvgIpc) is 3.39. The van der Waals surface area contributed by atoms with Gasteiger partial charge in [0.15, 0.2) is 5.69 Å². The number of carbonyl (C=O) groups is 3. The predicted octanol–water partition coefficient (Wildman–Crippen LogP) is 2.94. The highest BCUT2D eigenvalue weighted by Gasteiger charge is 2.21. The van der Waals surface area contributed by atoms with Crippen molar-refractivity contribution in [2.75, 3.05) is 56.9 Å². The number of amides is 3. The van der Waals surface area contributed by atoms with Gasteiger partial charge in [-0.3, -0.25) is 14.4 Å². The van der Waals surface area contributed by atoms with E-state index in [4.69, 9.17) is 11.6 Å². The molecular formula is C26H30ClN7O3. The Kier molecular flexibility index (Phi) is 8.89. The summed E-state index contributed by atoms with van der Waals surface area (Å²) in [7, 11) is 2.12. The number of imidazole rings is 1. The van der Waals surface area contributed by atoms with Crippen molar-refractivity contribution in [3.8, 4) is 0 Å². The third kappa shape index (κ3) is 7.16. The quantitative estimate of drug-likeness (QED) is 0.320. The van der Waals surface area contributed by atoms with Crippen LogP contribution in [-0.2, 0) is 0 Å². The molecule has 10 nitrogen and oxygen atoms in total. The Morgan fingerprint density at radius 3 is 2.24 bits per heavy atom. The van der Waals surface area contributed by atoms with Crippen molar-refractivity contribution in [3.05, 3.63) is 76.8 Å². The van der Waals surface area contributed by atoms with Crippen LogP contribution in [-0.4, -0.2) is 83.8 Å². The molecule has 1 fully saturated rings. The largest absolute Gasteiger partial charge is 0.351 e. The molecule has 0 saturated carbocycles. The molecule has 4 N–H and O–H groups in total. The number of nitrogens with one attached hydrogen (secondary N) is 4. The maximum Gasteiger partial charge on any atom is 0.276 e. The molecule has 1 aromatic heterocycles. The Morgan fingerprint density at radius 2 is 1.57 bits per heavy atom. The summed E-state index contributed by atoms with van der Waals surface area (Å²) in [6.45, 7) is 5.60. The number of hydrogen-bond donors (Lipinski definition) is 4. The number of nitrogens with zero attached hydrogens (tertiary/aromatic N) is 3. The van der Waals surface area contributed by atoms with Crippen molar-refractivity contribution in [2.45, 2.75) is 6.42 Å². The molecule has 2 heterocycles. The van der Waals surface area contributed by atoms with Crippen molar-refractivity contribution in [1.82, 2.24) is 25.1 Å². The van der Waals surface area contributed by atoms with E-state index >= 15 is 0 Å². The standard InChI is InChI=1S/C26H30ClN7O3/c1-33-13-15-34(16-14-33)12-4-11-28-25(36)22-23(30-17-29-22)26(37)32-19-9-7-18(8-10-19)31-24(35)20-5-2-3-6-21(20)27/h2-3,5-10,17H,4,11-16H2,1H3,(H,28,36)(H,29,30)(H,31,35)(H,32,37). The van der Waals surface area contributed by atoms with Crippen LogP contribution in [0.2, 0.25) is 5.02 Å². The first-order valence-electron chi connectivity index (χ1n) is 12.1. The van der Waals surface area contributed by atoms with Crippen molar-refractivity contribution in [1.29, 1.82) is 0 Å². The van der Waals surface area contributed by atoms with Crippen LogP contribution in [0.3, 0.4) is 0 Å². The van der Waals surface area contributed by atoms with E-state index in [-0.39, 0.29) is 23.2 Å². The van der Waals surface area contributed by atoms with Gasteiger partial charge in [-0.05, 0) is 56.4 Å². The fraction of sp³-hybridized carbons (Fsp3) is 0.308. The van der Waals surface area contributed by atoms with Gasteiger partial charge in [0.2, 0.25) is 0 Å². The van der Waals surface area contributed by atoms with Gasteiger partial charge in [0.25, 0.3) is 17.7 Å². The number of halogens is 1. The zero-order valence-corrected chi connectivity index (χ0v) is 21.3. The molecule has 0 bridgehead atoms. The summed E-state index contributed by atoms with van der Waals surface area (Å²) >= 11 is 6.08. The monoisotopic (exact) mass is 523 g/mol. The fourth-order valence-electron chi connectivity index (χ4n) is 3.97. The molecule has 3 amide bonds. The minimum Gasteiger partial charge on any atom is -0.351 e. The maximum atomic E-state index is 12.8. The predicted molar refractivity (Wildman–Crippen MR) is 143 cm³/mol. The second-order valence-corrected chi connectivity index (χ2v) is 9.25. The Hall–Kier alpha value is -3.73. The molecule has 37 heavy (non-hydrogen) atoms. The summed E-state index contributed by atoms with van der Waals surface area (Å²) in [5.74, 6) is -1.23. The molecule has 3 aromatic rings. The number of rotatable bonds is 9. The number of aromatic amines is 1. The highest BCUT2D eigenvalue weighted by molar-refractivity contribution is 6.34. The topological polar surface area (TPSA) is 122 Å². The molecule has 0 unspecified atom stereocenters. The molecule has 1 aliphatic rings. The number of piperazine rings is 1. The lowest BCUT2D eigenvalue weighted by Gasteiger charge is -2.32. The SMILES string of the molecule is CN1CCN(CCCNC(=O)c2[nH]cnc2C(=O)Nc2ccc(NC(=O)c3ccccc3Cl)cc2)CC1. The molecule has 0 spiro atoms. The number of likely N-dealkylation sites (N-methyl/N-ethyl adjacent to an activating group) is 1. The fourth-order valence-corrected chi connectivity index (χ4v) is 4.20. The van der Waals surface area contributed by atoms with Crippen LogP contribution in [0.1, 0.15) is 37.8 Å². The van der Waals surface area contributed by atoms with Crippen LogP contribution in [0.4, 0.5) is 11.4 Å². The lowest BCUT2D eigenvalue weighted by Crippen LogP contribution is -2.45. The highest BCUT2D eigenvalue weighted by atomic mass is 35.5. The molecule has 1 saturated heterocycles. The number of H-pyrrole nitrogens is 1. The van der Waals surface area contributed by atoms with Crippen LogP contribution >= 0.6 is 11.6 Å². The van der Waals surface area contributed by atoms with Crippen LogP contribution in [0.25, 0.3) is 0 Å². The first kappa shape index (κ1) is 26.3. The van der Waals surface area contributed by atoms with E-state index in [9.17, 15) is 14.4 Å². The van der Waals surface area contributed by atoms with E-state index in [1.54, 1.807) is 48.5 Å². The lowest BCUT2D eigenvalue weighted by atomic mass is 10.2. The van der Waals surface area contributed by atoms with Gasteiger partial charge in [-0.1, -0.05) is 23.7 Å². The Labute approximate surface area is 220 Å². The van der Waals surface area contributed by atoms with E-state index in [2.05, 4.69) is 42.8 Å². The van der Waals surface area contributed by atoms with Gasteiger partial charge in [0.1, 0.15) is 5.69 Å². The van der Waals surface area contributed by atoms with E-state index in [1.165, 1.54) is 6.33 Å². The van der Waals surface area contributed by atoms with Crippen LogP contribution in [0.5, 0.6) is 0 Å². The van der Waals surface area contributed by atoms with Gasteiger partial charge in [0.05, 0.1) is 16.9 Å². The molecular weight excluding hydrogens is 494 g/mol. The molecule has 0 radical (unpaired) electrons. The van der Waals surface area contributed by atoms with E-state index in [0.29, 0.717) is 28.5 Å². The molecule has 4 rings (SSSR count). The third-order valence-corrected chi connectivity index (χ3v) is 6.46. The average molecular weight is 524 g/mol. The summed E-state index contributed by atoms with van der Waals surface area (Å²) in [5, 5.41) is 8.71. The van der Waals surface area contributed by atoms with Gasteiger partial charge in [-0.25, -0.2) is 4.98 Å². The molecule has 11 heteroatoms.